The molecule has 0 aromatic heterocycles. The van der Waals surface area contributed by atoms with Crippen molar-refractivity contribution in [3.63, 3.8) is 0 Å². The first-order valence-corrected chi connectivity index (χ1v) is 6.33. The van der Waals surface area contributed by atoms with Gasteiger partial charge < -0.3 is 5.32 Å². The van der Waals surface area contributed by atoms with Gasteiger partial charge in [-0.25, -0.2) is 0 Å². The van der Waals surface area contributed by atoms with Gasteiger partial charge >= 0.3 is 0 Å². The molecule has 0 amide bonds. The predicted molar refractivity (Wildman–Crippen MR) is 68.9 cm³/mol. The second-order valence-corrected chi connectivity index (χ2v) is 5.24. The summed E-state index contributed by atoms with van der Waals surface area (Å²) < 4.78 is 0. The molecule has 3 rings (SSSR count). The van der Waals surface area contributed by atoms with E-state index in [0.29, 0.717) is 0 Å². The van der Waals surface area contributed by atoms with Gasteiger partial charge in [0, 0.05) is 5.69 Å². The smallest absolute Gasteiger partial charge is 0.0450 e. The highest BCUT2D eigenvalue weighted by molar-refractivity contribution is 5.67. The van der Waals surface area contributed by atoms with E-state index in [1.807, 2.05) is 6.20 Å². The molecule has 1 aromatic rings. The van der Waals surface area contributed by atoms with Crippen molar-refractivity contribution in [2.75, 3.05) is 5.32 Å². The lowest BCUT2D eigenvalue weighted by Crippen LogP contribution is -2.00. The molecular weight excluding hydrogens is 194 g/mol. The van der Waals surface area contributed by atoms with Gasteiger partial charge in [0.1, 0.15) is 0 Å². The monoisotopic (exact) mass is 213 g/mol. The summed E-state index contributed by atoms with van der Waals surface area (Å²) in [5, 5.41) is 3.39. The minimum Gasteiger partial charge on any atom is -0.362 e. The number of nitrogens with one attached hydrogen (secondary N) is 1. The van der Waals surface area contributed by atoms with Crippen LogP contribution in [0, 0.1) is 5.92 Å². The van der Waals surface area contributed by atoms with E-state index in [2.05, 4.69) is 24.9 Å². The minimum atomic E-state index is 0.808. The Hall–Kier alpha value is -1.24. The highest BCUT2D eigenvalue weighted by Gasteiger charge is 2.26. The molecule has 0 bridgehead atoms. The first-order chi connectivity index (χ1) is 7.79. The van der Waals surface area contributed by atoms with Crippen molar-refractivity contribution < 1.29 is 0 Å². The molecule has 1 atom stereocenters. The molecule has 84 valence electrons. The highest BCUT2D eigenvalue weighted by Crippen LogP contribution is 2.40. The topological polar surface area (TPSA) is 12.0 Å². The van der Waals surface area contributed by atoms with Crippen molar-refractivity contribution in [2.45, 2.75) is 39.0 Å². The normalized spacial score (nSPS) is 21.7. The summed E-state index contributed by atoms with van der Waals surface area (Å²) in [5.41, 5.74) is 7.68. The van der Waals surface area contributed by atoms with E-state index in [1.165, 1.54) is 37.8 Å². The summed E-state index contributed by atoms with van der Waals surface area (Å²) >= 11 is 0. The molecule has 1 aromatic carbocycles. The van der Waals surface area contributed by atoms with Crippen molar-refractivity contribution in [1.29, 1.82) is 0 Å². The summed E-state index contributed by atoms with van der Waals surface area (Å²) in [6.45, 7) is 6.16. The first kappa shape index (κ1) is 9.95. The van der Waals surface area contributed by atoms with E-state index in [-0.39, 0.29) is 0 Å². The van der Waals surface area contributed by atoms with E-state index in [1.54, 1.807) is 22.3 Å². The second kappa shape index (κ2) is 3.65. The summed E-state index contributed by atoms with van der Waals surface area (Å²) in [6.07, 6.45) is 8.15. The van der Waals surface area contributed by atoms with E-state index >= 15 is 0 Å². The Balaban J connectivity index is 2.16. The number of anilines is 1. The van der Waals surface area contributed by atoms with Gasteiger partial charge in [-0.1, -0.05) is 19.6 Å². The van der Waals surface area contributed by atoms with Crippen LogP contribution in [0.5, 0.6) is 0 Å². The van der Waals surface area contributed by atoms with Crippen molar-refractivity contribution in [3.8, 4) is 0 Å². The molecule has 1 N–H and O–H groups in total. The molecule has 0 saturated heterocycles. The van der Waals surface area contributed by atoms with Gasteiger partial charge in [0.15, 0.2) is 0 Å². The fourth-order valence-electron chi connectivity index (χ4n) is 3.34. The number of hydrogen-bond acceptors (Lipinski definition) is 1. The molecule has 1 nitrogen and oxygen atoms in total. The lowest BCUT2D eigenvalue weighted by atomic mass is 9.99. The Labute approximate surface area is 97.6 Å². The third-order valence-electron chi connectivity index (χ3n) is 3.97. The fourth-order valence-corrected chi connectivity index (χ4v) is 3.34. The van der Waals surface area contributed by atoms with Gasteiger partial charge in [0.25, 0.3) is 0 Å². The standard InChI is InChI=1S/C15H19N/c1-3-16-15-13-6-4-5-11(13)9-12-7-10(2)8-14(12)15/h3,9-10,16H,1,4-8H2,2H3. The lowest BCUT2D eigenvalue weighted by molar-refractivity contribution is 0.628. The van der Waals surface area contributed by atoms with Gasteiger partial charge in [-0.05, 0) is 66.5 Å². The third-order valence-corrected chi connectivity index (χ3v) is 3.97. The summed E-state index contributed by atoms with van der Waals surface area (Å²) in [5.74, 6) is 0.808. The summed E-state index contributed by atoms with van der Waals surface area (Å²) in [7, 11) is 0. The van der Waals surface area contributed by atoms with Gasteiger partial charge in [0.2, 0.25) is 0 Å². The number of benzene rings is 1. The zero-order chi connectivity index (χ0) is 11.1. The molecule has 2 aliphatic carbocycles. The van der Waals surface area contributed by atoms with Gasteiger partial charge in [-0.15, -0.1) is 0 Å². The summed E-state index contributed by atoms with van der Waals surface area (Å²) in [4.78, 5) is 0. The Morgan fingerprint density at radius 1 is 1.25 bits per heavy atom. The molecule has 0 aliphatic heterocycles. The van der Waals surface area contributed by atoms with Crippen LogP contribution in [0.15, 0.2) is 18.8 Å². The molecule has 1 unspecified atom stereocenters. The SMILES string of the molecule is C=CNc1c2c(cc3c1CC(C)C3)CCC2. The van der Waals surface area contributed by atoms with Crippen LogP contribution in [0.2, 0.25) is 0 Å². The van der Waals surface area contributed by atoms with E-state index in [4.69, 9.17) is 0 Å². The molecule has 0 fully saturated rings. The third kappa shape index (κ3) is 1.38. The first-order valence-electron chi connectivity index (χ1n) is 6.33. The van der Waals surface area contributed by atoms with Crippen LogP contribution in [0.1, 0.15) is 35.6 Å². The quantitative estimate of drug-likeness (QED) is 0.793. The maximum absolute atomic E-state index is 3.81. The van der Waals surface area contributed by atoms with Crippen LogP contribution >= 0.6 is 0 Å². The van der Waals surface area contributed by atoms with Crippen LogP contribution in [-0.4, -0.2) is 0 Å². The zero-order valence-electron chi connectivity index (χ0n) is 9.97. The number of rotatable bonds is 2. The number of fused-ring (bicyclic) bond motifs is 2. The van der Waals surface area contributed by atoms with Gasteiger partial charge in [-0.2, -0.15) is 0 Å². The predicted octanol–water partition coefficient (Wildman–Crippen LogP) is 3.47. The second-order valence-electron chi connectivity index (χ2n) is 5.24. The molecule has 1 heteroatoms. The zero-order valence-corrected chi connectivity index (χ0v) is 9.97. The highest BCUT2D eigenvalue weighted by atomic mass is 14.8. The van der Waals surface area contributed by atoms with Crippen LogP contribution < -0.4 is 5.32 Å². The fraction of sp³-hybridized carbons (Fsp3) is 0.467. The molecule has 0 radical (unpaired) electrons. The van der Waals surface area contributed by atoms with Crippen LogP contribution in [0.3, 0.4) is 0 Å². The average Bonchev–Trinajstić information content (AvgIpc) is 2.83. The maximum atomic E-state index is 3.81. The molecule has 0 spiro atoms. The van der Waals surface area contributed by atoms with Crippen LogP contribution in [0.4, 0.5) is 5.69 Å². The molecule has 16 heavy (non-hydrogen) atoms. The Kier molecular flexibility index (Phi) is 2.27. The van der Waals surface area contributed by atoms with E-state index in [0.717, 1.165) is 5.92 Å². The van der Waals surface area contributed by atoms with Crippen LogP contribution in [-0.2, 0) is 25.7 Å². The molecule has 2 aliphatic rings. The van der Waals surface area contributed by atoms with Gasteiger partial charge in [-0.3, -0.25) is 0 Å². The van der Waals surface area contributed by atoms with E-state index < -0.39 is 0 Å². The number of hydrogen-bond donors (Lipinski definition) is 1. The van der Waals surface area contributed by atoms with E-state index in [9.17, 15) is 0 Å². The number of aryl methyl sites for hydroxylation is 1. The van der Waals surface area contributed by atoms with Crippen molar-refractivity contribution in [1.82, 2.24) is 0 Å². The average molecular weight is 213 g/mol. The Morgan fingerprint density at radius 2 is 2.12 bits per heavy atom. The van der Waals surface area contributed by atoms with Crippen LogP contribution in [0.25, 0.3) is 0 Å². The molecule has 0 heterocycles. The van der Waals surface area contributed by atoms with Crippen molar-refractivity contribution in [3.05, 3.63) is 41.1 Å². The summed E-state index contributed by atoms with van der Waals surface area (Å²) in [6, 6.07) is 2.47. The maximum Gasteiger partial charge on any atom is 0.0450 e. The lowest BCUT2D eigenvalue weighted by Gasteiger charge is -2.14. The Bertz CT molecular complexity index is 445. The largest absolute Gasteiger partial charge is 0.362 e. The Morgan fingerprint density at radius 3 is 2.94 bits per heavy atom. The molecular formula is C15H19N. The van der Waals surface area contributed by atoms with Crippen molar-refractivity contribution >= 4 is 5.69 Å². The minimum absolute atomic E-state index is 0.808. The van der Waals surface area contributed by atoms with Gasteiger partial charge in [0.05, 0.1) is 0 Å². The van der Waals surface area contributed by atoms with Crippen molar-refractivity contribution in [2.24, 2.45) is 5.92 Å². The molecule has 0 saturated carbocycles.